The van der Waals surface area contributed by atoms with Gasteiger partial charge in [-0.25, -0.2) is 4.79 Å². The second kappa shape index (κ2) is 6.89. The molecule has 2 N–H and O–H groups in total. The molecule has 1 aromatic rings. The number of carboxylic acids is 1. The van der Waals surface area contributed by atoms with E-state index >= 15 is 0 Å². The number of hydrogen-bond acceptors (Lipinski definition) is 5. The van der Waals surface area contributed by atoms with Gasteiger partial charge in [0.15, 0.2) is 5.12 Å². The molecule has 0 saturated carbocycles. The number of nitrogens with zero attached hydrogens (tertiary/aromatic N) is 1. The number of aromatic carboxylic acids is 1. The average molecular weight is 282 g/mol. The van der Waals surface area contributed by atoms with Gasteiger partial charge < -0.3 is 10.4 Å². The van der Waals surface area contributed by atoms with Crippen molar-refractivity contribution >= 4 is 34.4 Å². The van der Waals surface area contributed by atoms with Gasteiger partial charge in [-0.1, -0.05) is 18.7 Å². The SMILES string of the molecule is CC(=O)SCC(C)C(=O)Nc1cncc(C(=O)O)c1. The van der Waals surface area contributed by atoms with Crippen molar-refractivity contribution in [3.63, 3.8) is 0 Å². The highest BCUT2D eigenvalue weighted by molar-refractivity contribution is 8.13. The van der Waals surface area contributed by atoms with Crippen LogP contribution >= 0.6 is 11.8 Å². The van der Waals surface area contributed by atoms with Crippen LogP contribution in [-0.4, -0.2) is 32.8 Å². The standard InChI is InChI=1S/C12H14N2O4S/c1-7(6-19-8(2)15)11(16)14-10-3-9(12(17)18)4-13-5-10/h3-5,7H,6H2,1-2H3,(H,14,16)(H,17,18). The van der Waals surface area contributed by atoms with Crippen molar-refractivity contribution < 1.29 is 19.5 Å². The van der Waals surface area contributed by atoms with Crippen molar-refractivity contribution in [2.24, 2.45) is 5.92 Å². The molecule has 1 rings (SSSR count). The van der Waals surface area contributed by atoms with Crippen molar-refractivity contribution in [2.75, 3.05) is 11.1 Å². The van der Waals surface area contributed by atoms with Gasteiger partial charge in [0.25, 0.3) is 0 Å². The van der Waals surface area contributed by atoms with Gasteiger partial charge in [0.2, 0.25) is 5.91 Å². The van der Waals surface area contributed by atoms with Crippen molar-refractivity contribution in [3.8, 4) is 0 Å². The van der Waals surface area contributed by atoms with Crippen molar-refractivity contribution in [3.05, 3.63) is 24.0 Å². The molecule has 1 aromatic heterocycles. The van der Waals surface area contributed by atoms with Crippen LogP contribution < -0.4 is 5.32 Å². The lowest BCUT2D eigenvalue weighted by atomic mass is 10.2. The van der Waals surface area contributed by atoms with E-state index < -0.39 is 5.97 Å². The normalized spacial score (nSPS) is 11.7. The minimum absolute atomic E-state index is 0.00330. The number of carboxylic acid groups (broad SMARTS) is 1. The molecule has 7 heteroatoms. The summed E-state index contributed by atoms with van der Waals surface area (Å²) in [7, 11) is 0. The third-order valence-corrected chi connectivity index (χ3v) is 3.31. The molecule has 0 spiro atoms. The molecule has 0 aromatic carbocycles. The first kappa shape index (κ1) is 15.2. The Morgan fingerprint density at radius 2 is 2.11 bits per heavy atom. The van der Waals surface area contributed by atoms with Crippen molar-refractivity contribution in [1.29, 1.82) is 0 Å². The summed E-state index contributed by atoms with van der Waals surface area (Å²) in [6, 6.07) is 1.33. The Labute approximate surface area is 114 Å². The van der Waals surface area contributed by atoms with Crippen LogP contribution in [0.1, 0.15) is 24.2 Å². The summed E-state index contributed by atoms with van der Waals surface area (Å²) in [5, 5.41) is 11.3. The van der Waals surface area contributed by atoms with Crippen LogP contribution in [0.3, 0.4) is 0 Å². The average Bonchev–Trinajstić information content (AvgIpc) is 2.36. The summed E-state index contributed by atoms with van der Waals surface area (Å²) < 4.78 is 0. The highest BCUT2D eigenvalue weighted by Gasteiger charge is 2.15. The van der Waals surface area contributed by atoms with Crippen LogP contribution in [0.5, 0.6) is 0 Å². The van der Waals surface area contributed by atoms with E-state index in [9.17, 15) is 14.4 Å². The molecule has 1 unspecified atom stereocenters. The smallest absolute Gasteiger partial charge is 0.337 e. The van der Waals surface area contributed by atoms with Gasteiger partial charge in [0.1, 0.15) is 0 Å². The Morgan fingerprint density at radius 3 is 2.68 bits per heavy atom. The maximum Gasteiger partial charge on any atom is 0.337 e. The zero-order valence-electron chi connectivity index (χ0n) is 10.5. The number of aromatic nitrogens is 1. The second-order valence-electron chi connectivity index (χ2n) is 3.96. The van der Waals surface area contributed by atoms with Gasteiger partial charge >= 0.3 is 5.97 Å². The largest absolute Gasteiger partial charge is 0.478 e. The van der Waals surface area contributed by atoms with E-state index in [1.807, 2.05) is 0 Å². The third-order valence-electron chi connectivity index (χ3n) is 2.24. The van der Waals surface area contributed by atoms with E-state index in [2.05, 4.69) is 10.3 Å². The van der Waals surface area contributed by atoms with Gasteiger partial charge in [-0.15, -0.1) is 0 Å². The molecule has 0 aliphatic heterocycles. The van der Waals surface area contributed by atoms with Gasteiger partial charge in [-0.2, -0.15) is 0 Å². The number of carbonyl (C=O) groups excluding carboxylic acids is 2. The molecule has 1 amide bonds. The first-order chi connectivity index (χ1) is 8.90. The predicted octanol–water partition coefficient (Wildman–Crippen LogP) is 1.63. The first-order valence-electron chi connectivity index (χ1n) is 5.52. The molecule has 0 fully saturated rings. The van der Waals surface area contributed by atoms with E-state index in [4.69, 9.17) is 5.11 Å². The molecule has 1 heterocycles. The number of anilines is 1. The molecule has 0 radical (unpaired) electrons. The number of thioether (sulfide) groups is 1. The Balaban J connectivity index is 2.63. The quantitative estimate of drug-likeness (QED) is 0.852. The Morgan fingerprint density at radius 1 is 1.42 bits per heavy atom. The van der Waals surface area contributed by atoms with E-state index in [-0.39, 0.29) is 22.5 Å². The summed E-state index contributed by atoms with van der Waals surface area (Å²) in [5.41, 5.74) is 0.327. The maximum atomic E-state index is 11.8. The Hall–Kier alpha value is -1.89. The van der Waals surface area contributed by atoms with Gasteiger partial charge in [-0.3, -0.25) is 14.6 Å². The lowest BCUT2D eigenvalue weighted by Gasteiger charge is -2.11. The highest BCUT2D eigenvalue weighted by Crippen LogP contribution is 2.13. The molecule has 0 saturated heterocycles. The molecule has 0 aliphatic rings. The molecule has 0 bridgehead atoms. The summed E-state index contributed by atoms with van der Waals surface area (Å²) in [5.74, 6) is -1.36. The number of hydrogen-bond donors (Lipinski definition) is 2. The van der Waals surface area contributed by atoms with Crippen molar-refractivity contribution in [1.82, 2.24) is 4.98 Å². The molecule has 19 heavy (non-hydrogen) atoms. The highest BCUT2D eigenvalue weighted by atomic mass is 32.2. The molecular weight excluding hydrogens is 268 g/mol. The van der Waals surface area contributed by atoms with Crippen LogP contribution in [0.4, 0.5) is 5.69 Å². The zero-order chi connectivity index (χ0) is 14.4. The summed E-state index contributed by atoms with van der Waals surface area (Å²) in [4.78, 5) is 37.1. The zero-order valence-corrected chi connectivity index (χ0v) is 11.4. The van der Waals surface area contributed by atoms with Crippen molar-refractivity contribution in [2.45, 2.75) is 13.8 Å². The van der Waals surface area contributed by atoms with E-state index in [0.29, 0.717) is 11.4 Å². The van der Waals surface area contributed by atoms with Crippen LogP contribution in [0.15, 0.2) is 18.5 Å². The van der Waals surface area contributed by atoms with E-state index in [0.717, 1.165) is 11.8 Å². The number of nitrogens with one attached hydrogen (secondary N) is 1. The molecule has 0 aliphatic carbocycles. The Kier molecular flexibility index (Phi) is 5.50. The molecule has 6 nitrogen and oxygen atoms in total. The monoisotopic (exact) mass is 282 g/mol. The minimum Gasteiger partial charge on any atom is -0.478 e. The Bertz CT molecular complexity index is 504. The first-order valence-corrected chi connectivity index (χ1v) is 6.51. The van der Waals surface area contributed by atoms with Crippen LogP contribution in [0.2, 0.25) is 0 Å². The minimum atomic E-state index is -1.11. The van der Waals surface area contributed by atoms with E-state index in [1.54, 1.807) is 6.92 Å². The predicted molar refractivity (Wildman–Crippen MR) is 72.1 cm³/mol. The lowest BCUT2D eigenvalue weighted by Crippen LogP contribution is -2.22. The fraction of sp³-hybridized carbons (Fsp3) is 0.333. The number of rotatable bonds is 5. The molecule has 1 atom stereocenters. The molecule has 102 valence electrons. The maximum absolute atomic E-state index is 11.8. The topological polar surface area (TPSA) is 96.4 Å². The van der Waals surface area contributed by atoms with Gasteiger partial charge in [0.05, 0.1) is 17.4 Å². The number of amides is 1. The number of carbonyl (C=O) groups is 3. The van der Waals surface area contributed by atoms with Crippen LogP contribution in [0, 0.1) is 5.92 Å². The summed E-state index contributed by atoms with van der Waals surface area (Å²) in [6.45, 7) is 3.13. The fourth-order valence-electron chi connectivity index (χ4n) is 1.21. The lowest BCUT2D eigenvalue weighted by molar-refractivity contribution is -0.118. The van der Waals surface area contributed by atoms with Gasteiger partial charge in [0, 0.05) is 24.8 Å². The second-order valence-corrected chi connectivity index (χ2v) is 5.16. The number of pyridine rings is 1. The van der Waals surface area contributed by atoms with Crippen LogP contribution in [0.25, 0.3) is 0 Å². The summed E-state index contributed by atoms with van der Waals surface area (Å²) >= 11 is 1.08. The third kappa shape index (κ3) is 5.09. The van der Waals surface area contributed by atoms with E-state index in [1.165, 1.54) is 25.4 Å². The molecular formula is C12H14N2O4S. The van der Waals surface area contributed by atoms with Gasteiger partial charge in [-0.05, 0) is 6.07 Å². The van der Waals surface area contributed by atoms with Crippen LogP contribution in [-0.2, 0) is 9.59 Å². The fourth-order valence-corrected chi connectivity index (χ4v) is 1.84. The summed E-state index contributed by atoms with van der Waals surface area (Å²) in [6.07, 6.45) is 2.57.